The van der Waals surface area contributed by atoms with Crippen LogP contribution in [0.3, 0.4) is 0 Å². The predicted octanol–water partition coefficient (Wildman–Crippen LogP) is 5.08. The van der Waals surface area contributed by atoms with Crippen LogP contribution in [0.5, 0.6) is 0 Å². The summed E-state index contributed by atoms with van der Waals surface area (Å²) in [5, 5.41) is 10.3. The van der Waals surface area contributed by atoms with E-state index in [0.29, 0.717) is 28.8 Å². The number of aromatic nitrogens is 3. The fourth-order valence-electron chi connectivity index (χ4n) is 3.53. The second kappa shape index (κ2) is 7.29. The first-order valence-electron chi connectivity index (χ1n) is 9.04. The van der Waals surface area contributed by atoms with Crippen molar-refractivity contribution in [3.05, 3.63) is 52.6 Å². The molecule has 0 amide bonds. The van der Waals surface area contributed by atoms with Crippen molar-refractivity contribution in [2.45, 2.75) is 50.9 Å². The number of hydrogen-bond donors (Lipinski definition) is 1. The molecule has 1 aliphatic rings. The Morgan fingerprint density at radius 3 is 2.46 bits per heavy atom. The highest BCUT2D eigenvalue weighted by Crippen LogP contribution is 2.38. The smallest absolute Gasteiger partial charge is 0.340 e. The number of benzene rings is 1. The zero-order valence-electron chi connectivity index (χ0n) is 15.2. The topological polar surface area (TPSA) is 63.8 Å². The molecule has 148 valence electrons. The highest BCUT2D eigenvalue weighted by atomic mass is 32.1. The van der Waals surface area contributed by atoms with Crippen LogP contribution in [0.1, 0.15) is 48.7 Å². The molecule has 1 aliphatic carbocycles. The van der Waals surface area contributed by atoms with Crippen molar-refractivity contribution in [2.24, 2.45) is 0 Å². The summed E-state index contributed by atoms with van der Waals surface area (Å²) in [6.45, 7) is 2.31. The molecule has 2 heterocycles. The van der Waals surface area contributed by atoms with Gasteiger partial charge in [-0.05, 0) is 25.0 Å². The highest BCUT2D eigenvalue weighted by molar-refractivity contribution is 7.13. The van der Waals surface area contributed by atoms with E-state index in [1.807, 2.05) is 5.38 Å². The van der Waals surface area contributed by atoms with Gasteiger partial charge in [0.2, 0.25) is 5.89 Å². The Bertz CT molecular complexity index is 943. The van der Waals surface area contributed by atoms with Crippen molar-refractivity contribution in [1.82, 2.24) is 20.4 Å². The van der Waals surface area contributed by atoms with Gasteiger partial charge in [-0.3, -0.25) is 5.32 Å². The molecule has 1 aromatic carbocycles. The van der Waals surface area contributed by atoms with Gasteiger partial charge < -0.3 is 4.52 Å². The summed E-state index contributed by atoms with van der Waals surface area (Å²) in [5.41, 5.74) is 0.545. The summed E-state index contributed by atoms with van der Waals surface area (Å²) in [6.07, 6.45) is -0.285. The largest absolute Gasteiger partial charge is 0.416 e. The number of nitrogens with one attached hydrogen (secondary N) is 1. The average Bonchev–Trinajstić information content (AvgIpc) is 3.40. The normalized spacial score (nSPS) is 16.6. The van der Waals surface area contributed by atoms with Gasteiger partial charge in [0.25, 0.3) is 0 Å². The number of rotatable bonds is 5. The third-order valence-corrected chi connectivity index (χ3v) is 5.97. The average molecular weight is 408 g/mol. The quantitative estimate of drug-likeness (QED) is 0.638. The lowest BCUT2D eigenvalue weighted by Crippen LogP contribution is -2.40. The van der Waals surface area contributed by atoms with Gasteiger partial charge in [0.15, 0.2) is 5.82 Å². The molecule has 1 N–H and O–H groups in total. The predicted molar refractivity (Wildman–Crippen MR) is 98.6 cm³/mol. The molecule has 0 radical (unpaired) electrons. The standard InChI is InChI=1S/C19H19F3N4OS/c1-12-24-17(26-27-12)18(8-2-3-9-18)23-10-15-11-28-16(25-15)13-4-6-14(7-5-13)19(20,21)22/h4-7,11,23H,2-3,8-10H2,1H3. The van der Waals surface area contributed by atoms with Gasteiger partial charge in [-0.2, -0.15) is 18.2 Å². The number of halogens is 3. The number of nitrogens with zero attached hydrogens (tertiary/aromatic N) is 3. The van der Waals surface area contributed by atoms with Gasteiger partial charge in [0.05, 0.1) is 16.8 Å². The van der Waals surface area contributed by atoms with E-state index in [1.54, 1.807) is 6.92 Å². The Morgan fingerprint density at radius 1 is 1.14 bits per heavy atom. The first kappa shape index (κ1) is 19.1. The van der Waals surface area contributed by atoms with Crippen molar-refractivity contribution in [1.29, 1.82) is 0 Å². The molecule has 0 aliphatic heterocycles. The van der Waals surface area contributed by atoms with Crippen molar-refractivity contribution >= 4 is 11.3 Å². The Labute approximate surface area is 164 Å². The second-order valence-electron chi connectivity index (χ2n) is 7.00. The first-order valence-corrected chi connectivity index (χ1v) is 9.92. The van der Waals surface area contributed by atoms with Crippen molar-refractivity contribution in [2.75, 3.05) is 0 Å². The van der Waals surface area contributed by atoms with Crippen LogP contribution in [0.15, 0.2) is 34.2 Å². The lowest BCUT2D eigenvalue weighted by atomic mass is 9.96. The van der Waals surface area contributed by atoms with Crippen LogP contribution in [0.25, 0.3) is 10.6 Å². The molecule has 0 bridgehead atoms. The minimum absolute atomic E-state index is 0.310. The minimum Gasteiger partial charge on any atom is -0.340 e. The molecule has 9 heteroatoms. The Hall–Kier alpha value is -2.26. The number of alkyl halides is 3. The molecule has 3 aromatic rings. The number of hydrogen-bond acceptors (Lipinski definition) is 6. The van der Waals surface area contributed by atoms with Gasteiger partial charge in [-0.25, -0.2) is 4.98 Å². The molecule has 0 atom stereocenters. The lowest BCUT2D eigenvalue weighted by Gasteiger charge is -2.26. The number of thiazole rings is 1. The molecule has 1 fully saturated rings. The Morgan fingerprint density at radius 2 is 1.86 bits per heavy atom. The zero-order valence-corrected chi connectivity index (χ0v) is 16.0. The van der Waals surface area contributed by atoms with E-state index in [2.05, 4.69) is 20.4 Å². The van der Waals surface area contributed by atoms with Gasteiger partial charge >= 0.3 is 6.18 Å². The molecular weight excluding hydrogens is 389 g/mol. The van der Waals surface area contributed by atoms with Crippen LogP contribution in [-0.4, -0.2) is 15.1 Å². The molecule has 2 aromatic heterocycles. The molecular formula is C19H19F3N4OS. The molecule has 0 saturated heterocycles. The Kier molecular flexibility index (Phi) is 4.96. The van der Waals surface area contributed by atoms with Crippen molar-refractivity contribution in [3.63, 3.8) is 0 Å². The summed E-state index contributed by atoms with van der Waals surface area (Å²) in [5.74, 6) is 1.22. The first-order chi connectivity index (χ1) is 13.4. The summed E-state index contributed by atoms with van der Waals surface area (Å²) in [4.78, 5) is 8.98. The third-order valence-electron chi connectivity index (χ3n) is 5.03. The van der Waals surface area contributed by atoms with E-state index in [0.717, 1.165) is 43.5 Å². The summed E-state index contributed by atoms with van der Waals surface area (Å²) in [6, 6.07) is 5.08. The fraction of sp³-hybridized carbons (Fsp3) is 0.421. The maximum atomic E-state index is 12.7. The van der Waals surface area contributed by atoms with E-state index in [4.69, 9.17) is 4.52 Å². The summed E-state index contributed by atoms with van der Waals surface area (Å²) >= 11 is 1.42. The molecule has 0 unspecified atom stereocenters. The van der Waals surface area contributed by atoms with Crippen LogP contribution < -0.4 is 5.32 Å². The van der Waals surface area contributed by atoms with Crippen LogP contribution in [0.4, 0.5) is 13.2 Å². The van der Waals surface area contributed by atoms with Crippen molar-refractivity contribution in [3.8, 4) is 10.6 Å². The Balaban J connectivity index is 1.47. The van der Waals surface area contributed by atoms with Crippen molar-refractivity contribution < 1.29 is 17.7 Å². The van der Waals surface area contributed by atoms with E-state index in [9.17, 15) is 13.2 Å². The molecule has 0 spiro atoms. The maximum Gasteiger partial charge on any atom is 0.416 e. The zero-order chi connectivity index (χ0) is 19.8. The minimum atomic E-state index is -4.33. The summed E-state index contributed by atoms with van der Waals surface area (Å²) in [7, 11) is 0. The SMILES string of the molecule is Cc1nc(C2(NCc3csc(-c4ccc(C(F)(F)F)cc4)n3)CCCC2)no1. The number of aryl methyl sites for hydroxylation is 1. The van der Waals surface area contributed by atoms with E-state index < -0.39 is 11.7 Å². The van der Waals surface area contributed by atoms with E-state index >= 15 is 0 Å². The highest BCUT2D eigenvalue weighted by Gasteiger charge is 2.39. The van der Waals surface area contributed by atoms with E-state index in [1.165, 1.54) is 23.5 Å². The van der Waals surface area contributed by atoms with Gasteiger partial charge in [0, 0.05) is 24.4 Å². The summed E-state index contributed by atoms with van der Waals surface area (Å²) < 4.78 is 43.3. The van der Waals surface area contributed by atoms with Crippen LogP contribution >= 0.6 is 11.3 Å². The monoisotopic (exact) mass is 408 g/mol. The second-order valence-corrected chi connectivity index (χ2v) is 7.86. The fourth-order valence-corrected chi connectivity index (χ4v) is 4.36. The van der Waals surface area contributed by atoms with Gasteiger partial charge in [-0.15, -0.1) is 11.3 Å². The molecule has 5 nitrogen and oxygen atoms in total. The van der Waals surface area contributed by atoms with Gasteiger partial charge in [-0.1, -0.05) is 30.1 Å². The lowest BCUT2D eigenvalue weighted by molar-refractivity contribution is -0.137. The molecule has 4 rings (SSSR count). The van der Waals surface area contributed by atoms with E-state index in [-0.39, 0.29) is 5.54 Å². The van der Waals surface area contributed by atoms with Crippen LogP contribution in [0.2, 0.25) is 0 Å². The third kappa shape index (κ3) is 3.81. The van der Waals surface area contributed by atoms with Crippen LogP contribution in [-0.2, 0) is 18.3 Å². The van der Waals surface area contributed by atoms with Gasteiger partial charge in [0.1, 0.15) is 5.01 Å². The molecule has 28 heavy (non-hydrogen) atoms. The molecule has 1 saturated carbocycles. The van der Waals surface area contributed by atoms with Crippen LogP contribution in [0, 0.1) is 6.92 Å². The maximum absolute atomic E-state index is 12.7.